The Morgan fingerprint density at radius 1 is 1.27 bits per heavy atom. The van der Waals surface area contributed by atoms with E-state index >= 15 is 0 Å². The van der Waals surface area contributed by atoms with Crippen LogP contribution in [0.1, 0.15) is 46.0 Å². The molecule has 1 heterocycles. The van der Waals surface area contributed by atoms with Gasteiger partial charge < -0.3 is 5.73 Å². The van der Waals surface area contributed by atoms with Crippen molar-refractivity contribution in [3.05, 3.63) is 0 Å². The Morgan fingerprint density at radius 2 is 2.07 bits per heavy atom. The number of hydrogen-bond donors (Lipinski definition) is 1. The minimum absolute atomic E-state index is 0.350. The third-order valence-corrected chi connectivity index (χ3v) is 4.82. The van der Waals surface area contributed by atoms with E-state index in [1.165, 1.54) is 45.2 Å². The summed E-state index contributed by atoms with van der Waals surface area (Å²) in [6.45, 7) is 8.21. The van der Waals surface area contributed by atoms with E-state index < -0.39 is 0 Å². The quantitative estimate of drug-likeness (QED) is 0.757. The highest BCUT2D eigenvalue weighted by molar-refractivity contribution is 5.00. The minimum Gasteiger partial charge on any atom is -0.329 e. The van der Waals surface area contributed by atoms with Gasteiger partial charge in [-0.3, -0.25) is 4.90 Å². The monoisotopic (exact) mass is 210 g/mol. The highest BCUT2D eigenvalue weighted by atomic mass is 15.2. The van der Waals surface area contributed by atoms with Crippen LogP contribution in [0.25, 0.3) is 0 Å². The van der Waals surface area contributed by atoms with Crippen LogP contribution in [0.2, 0.25) is 0 Å². The normalized spacial score (nSPS) is 43.4. The zero-order valence-corrected chi connectivity index (χ0v) is 10.3. The van der Waals surface area contributed by atoms with E-state index in [1.807, 2.05) is 0 Å². The van der Waals surface area contributed by atoms with Gasteiger partial charge in [0.25, 0.3) is 0 Å². The molecule has 15 heavy (non-hydrogen) atoms. The van der Waals surface area contributed by atoms with Crippen molar-refractivity contribution in [1.29, 1.82) is 0 Å². The molecule has 88 valence electrons. The Bertz CT molecular complexity index is 217. The summed E-state index contributed by atoms with van der Waals surface area (Å²) in [6.07, 6.45) is 6.87. The first-order chi connectivity index (χ1) is 7.19. The van der Waals surface area contributed by atoms with Gasteiger partial charge in [-0.2, -0.15) is 0 Å². The van der Waals surface area contributed by atoms with Gasteiger partial charge in [-0.15, -0.1) is 0 Å². The van der Waals surface area contributed by atoms with Gasteiger partial charge in [0.1, 0.15) is 0 Å². The summed E-state index contributed by atoms with van der Waals surface area (Å²) >= 11 is 0. The molecule has 0 amide bonds. The van der Waals surface area contributed by atoms with Crippen molar-refractivity contribution >= 4 is 0 Å². The molecular formula is C13H26N2. The van der Waals surface area contributed by atoms with Crippen molar-refractivity contribution in [3.63, 3.8) is 0 Å². The topological polar surface area (TPSA) is 29.3 Å². The molecule has 1 aliphatic carbocycles. The fourth-order valence-corrected chi connectivity index (χ4v) is 3.64. The maximum atomic E-state index is 6.11. The lowest BCUT2D eigenvalue weighted by atomic mass is 9.72. The van der Waals surface area contributed by atoms with E-state index in [1.54, 1.807) is 0 Å². The number of nitrogens with two attached hydrogens (primary N) is 1. The van der Waals surface area contributed by atoms with Gasteiger partial charge in [-0.25, -0.2) is 0 Å². The average Bonchev–Trinajstić information content (AvgIpc) is 2.66. The largest absolute Gasteiger partial charge is 0.329 e. The third kappa shape index (κ3) is 1.94. The number of rotatable bonds is 2. The Kier molecular flexibility index (Phi) is 3.36. The standard InChI is InChI=1S/C13H26N2/c1-11-6-8-15(9-11)13(10-14)7-4-3-5-12(13)2/h11-12H,3-10,14H2,1-2H3. The second kappa shape index (κ2) is 4.42. The highest BCUT2D eigenvalue weighted by Crippen LogP contribution is 2.40. The predicted molar refractivity (Wildman–Crippen MR) is 64.8 cm³/mol. The molecule has 1 saturated heterocycles. The zero-order chi connectivity index (χ0) is 10.9. The average molecular weight is 210 g/mol. The molecular weight excluding hydrogens is 184 g/mol. The lowest BCUT2D eigenvalue weighted by molar-refractivity contribution is 0.0295. The van der Waals surface area contributed by atoms with Gasteiger partial charge in [0, 0.05) is 18.6 Å². The predicted octanol–water partition coefficient (Wildman–Crippen LogP) is 2.24. The van der Waals surface area contributed by atoms with E-state index in [-0.39, 0.29) is 0 Å². The second-order valence-electron chi connectivity index (χ2n) is 5.79. The summed E-state index contributed by atoms with van der Waals surface area (Å²) in [5.74, 6) is 1.67. The van der Waals surface area contributed by atoms with Gasteiger partial charge in [-0.1, -0.05) is 26.7 Å². The molecule has 2 aliphatic rings. The molecule has 2 heteroatoms. The first-order valence-corrected chi connectivity index (χ1v) is 6.64. The van der Waals surface area contributed by atoms with Crippen LogP contribution < -0.4 is 5.73 Å². The van der Waals surface area contributed by atoms with Crippen molar-refractivity contribution in [2.45, 2.75) is 51.5 Å². The smallest absolute Gasteiger partial charge is 0.0357 e. The lowest BCUT2D eigenvalue weighted by Gasteiger charge is -2.48. The molecule has 1 aliphatic heterocycles. The lowest BCUT2D eigenvalue weighted by Crippen LogP contribution is -2.58. The van der Waals surface area contributed by atoms with E-state index in [0.29, 0.717) is 5.54 Å². The summed E-state index contributed by atoms with van der Waals surface area (Å²) in [4.78, 5) is 2.71. The Morgan fingerprint density at radius 3 is 2.60 bits per heavy atom. The van der Waals surface area contributed by atoms with E-state index in [9.17, 15) is 0 Å². The number of hydrogen-bond acceptors (Lipinski definition) is 2. The second-order valence-corrected chi connectivity index (χ2v) is 5.79. The Balaban J connectivity index is 2.12. The van der Waals surface area contributed by atoms with Gasteiger partial charge in [0.2, 0.25) is 0 Å². The van der Waals surface area contributed by atoms with E-state index in [2.05, 4.69) is 18.7 Å². The molecule has 2 rings (SSSR count). The molecule has 2 N–H and O–H groups in total. The summed E-state index contributed by atoms with van der Waals surface area (Å²) in [7, 11) is 0. The van der Waals surface area contributed by atoms with Crippen LogP contribution in [0.3, 0.4) is 0 Å². The minimum atomic E-state index is 0.350. The van der Waals surface area contributed by atoms with Gasteiger partial charge in [-0.05, 0) is 37.6 Å². The van der Waals surface area contributed by atoms with Crippen molar-refractivity contribution in [3.8, 4) is 0 Å². The Labute approximate surface area is 94.2 Å². The number of nitrogens with zero attached hydrogens (tertiary/aromatic N) is 1. The fourth-order valence-electron chi connectivity index (χ4n) is 3.64. The molecule has 2 nitrogen and oxygen atoms in total. The molecule has 2 fully saturated rings. The van der Waals surface area contributed by atoms with Crippen LogP contribution >= 0.6 is 0 Å². The van der Waals surface area contributed by atoms with Crippen LogP contribution in [-0.2, 0) is 0 Å². The van der Waals surface area contributed by atoms with Crippen LogP contribution in [-0.4, -0.2) is 30.1 Å². The van der Waals surface area contributed by atoms with Gasteiger partial charge >= 0.3 is 0 Å². The fraction of sp³-hybridized carbons (Fsp3) is 1.00. The van der Waals surface area contributed by atoms with Crippen LogP contribution in [0.4, 0.5) is 0 Å². The molecule has 0 aromatic rings. The summed E-state index contributed by atoms with van der Waals surface area (Å²) in [6, 6.07) is 0. The molecule has 0 aromatic carbocycles. The van der Waals surface area contributed by atoms with E-state index in [0.717, 1.165) is 18.4 Å². The zero-order valence-electron chi connectivity index (χ0n) is 10.3. The Hall–Kier alpha value is -0.0800. The van der Waals surface area contributed by atoms with Crippen LogP contribution in [0.15, 0.2) is 0 Å². The van der Waals surface area contributed by atoms with Crippen molar-refractivity contribution in [1.82, 2.24) is 4.90 Å². The summed E-state index contributed by atoms with van der Waals surface area (Å²) in [5.41, 5.74) is 6.46. The van der Waals surface area contributed by atoms with E-state index in [4.69, 9.17) is 5.73 Å². The van der Waals surface area contributed by atoms with Gasteiger partial charge in [0.15, 0.2) is 0 Å². The van der Waals surface area contributed by atoms with Crippen molar-refractivity contribution < 1.29 is 0 Å². The molecule has 3 atom stereocenters. The maximum Gasteiger partial charge on any atom is 0.0357 e. The maximum absolute atomic E-state index is 6.11. The molecule has 1 saturated carbocycles. The van der Waals surface area contributed by atoms with Gasteiger partial charge in [0.05, 0.1) is 0 Å². The summed E-state index contributed by atoms with van der Waals surface area (Å²) < 4.78 is 0. The molecule has 0 spiro atoms. The van der Waals surface area contributed by atoms with Crippen molar-refractivity contribution in [2.24, 2.45) is 17.6 Å². The van der Waals surface area contributed by atoms with Crippen LogP contribution in [0, 0.1) is 11.8 Å². The van der Waals surface area contributed by atoms with Crippen LogP contribution in [0.5, 0.6) is 0 Å². The molecule has 0 bridgehead atoms. The SMILES string of the molecule is CC1CCN(C2(CN)CCCCC2C)C1. The highest BCUT2D eigenvalue weighted by Gasteiger charge is 2.43. The first kappa shape index (κ1) is 11.4. The van der Waals surface area contributed by atoms with Crippen molar-refractivity contribution in [2.75, 3.05) is 19.6 Å². The number of likely N-dealkylation sites (tertiary alicyclic amines) is 1. The molecule has 3 unspecified atom stereocenters. The third-order valence-electron chi connectivity index (χ3n) is 4.82. The molecule has 0 radical (unpaired) electrons. The molecule has 0 aromatic heterocycles. The first-order valence-electron chi connectivity index (χ1n) is 6.64. The summed E-state index contributed by atoms with van der Waals surface area (Å²) in [5, 5.41) is 0.